The number of Topliss-reactive ketones (excluding diaryl/α,β-unsaturated/α-hetero) is 1. The number of methoxy groups -OCH3 is 1. The molecule has 1 aromatic carbocycles. The van der Waals surface area contributed by atoms with Crippen LogP contribution in [0.3, 0.4) is 0 Å². The molecule has 3 heteroatoms. The molecule has 88 valence electrons. The average Bonchev–Trinajstić information content (AvgIpc) is 2.34. The number of benzene rings is 1. The maximum absolute atomic E-state index is 11.7. The normalized spacial score (nSPS) is 10.4. The predicted molar refractivity (Wildman–Crippen MR) is 68.3 cm³/mol. The molecule has 0 aliphatic heterocycles. The summed E-state index contributed by atoms with van der Waals surface area (Å²) in [7, 11) is 1.71. The molecular weight excluding hydrogens is 220 g/mol. The van der Waals surface area contributed by atoms with Crippen molar-refractivity contribution in [3.63, 3.8) is 0 Å². The van der Waals surface area contributed by atoms with Crippen molar-refractivity contribution in [3.8, 4) is 0 Å². The Balaban J connectivity index is 2.60. The topological polar surface area (TPSA) is 26.3 Å². The molecule has 1 aromatic rings. The van der Waals surface area contributed by atoms with E-state index in [1.54, 1.807) is 18.9 Å². The summed E-state index contributed by atoms with van der Waals surface area (Å²) in [4.78, 5) is 12.8. The van der Waals surface area contributed by atoms with Gasteiger partial charge in [0.05, 0.1) is 0 Å². The quantitative estimate of drug-likeness (QED) is 0.414. The monoisotopic (exact) mass is 238 g/mol. The Hall–Kier alpha value is -0.800. The molecule has 0 saturated heterocycles. The summed E-state index contributed by atoms with van der Waals surface area (Å²) in [5, 5.41) is 0. The standard InChI is InChI=1S/C13H18O2S/c1-3-12(14)11-7-4-5-8-13(11)16-10-6-9-15-2/h4-5,7-8H,3,6,9-10H2,1-2H3. The second-order valence-electron chi connectivity index (χ2n) is 3.47. The molecule has 0 aliphatic carbocycles. The molecule has 0 aromatic heterocycles. The van der Waals surface area contributed by atoms with E-state index < -0.39 is 0 Å². The van der Waals surface area contributed by atoms with E-state index in [9.17, 15) is 4.79 Å². The zero-order valence-electron chi connectivity index (χ0n) is 9.86. The lowest BCUT2D eigenvalue weighted by molar-refractivity contribution is 0.0985. The number of carbonyl (C=O) groups excluding carboxylic acids is 1. The van der Waals surface area contributed by atoms with E-state index >= 15 is 0 Å². The van der Waals surface area contributed by atoms with Crippen LogP contribution in [0.15, 0.2) is 29.2 Å². The zero-order valence-corrected chi connectivity index (χ0v) is 10.7. The molecule has 0 radical (unpaired) electrons. The Kier molecular flexibility index (Phi) is 6.19. The lowest BCUT2D eigenvalue weighted by Gasteiger charge is -2.06. The van der Waals surface area contributed by atoms with Crippen molar-refractivity contribution in [2.75, 3.05) is 19.5 Å². The van der Waals surface area contributed by atoms with Gasteiger partial charge in [0, 0.05) is 36.3 Å². The van der Waals surface area contributed by atoms with Gasteiger partial charge in [0.15, 0.2) is 5.78 Å². The number of ether oxygens (including phenoxy) is 1. The summed E-state index contributed by atoms with van der Waals surface area (Å²) >= 11 is 1.73. The van der Waals surface area contributed by atoms with Crippen molar-refractivity contribution < 1.29 is 9.53 Å². The predicted octanol–water partition coefficient (Wildman–Crippen LogP) is 3.41. The van der Waals surface area contributed by atoms with Crippen LogP contribution in [0, 0.1) is 0 Å². The highest BCUT2D eigenvalue weighted by Crippen LogP contribution is 2.24. The van der Waals surface area contributed by atoms with Crippen LogP contribution in [0.4, 0.5) is 0 Å². The molecule has 0 spiro atoms. The van der Waals surface area contributed by atoms with Crippen molar-refractivity contribution in [3.05, 3.63) is 29.8 Å². The lowest BCUT2D eigenvalue weighted by Crippen LogP contribution is -1.99. The largest absolute Gasteiger partial charge is 0.385 e. The van der Waals surface area contributed by atoms with Gasteiger partial charge in [0.25, 0.3) is 0 Å². The molecule has 0 amide bonds. The first-order valence-corrected chi connectivity index (χ1v) is 6.52. The summed E-state index contributed by atoms with van der Waals surface area (Å²) in [5.74, 6) is 1.21. The van der Waals surface area contributed by atoms with E-state index in [2.05, 4.69) is 0 Å². The van der Waals surface area contributed by atoms with E-state index in [4.69, 9.17) is 4.74 Å². The first-order valence-electron chi connectivity index (χ1n) is 5.53. The first kappa shape index (κ1) is 13.3. The number of thioether (sulfide) groups is 1. The summed E-state index contributed by atoms with van der Waals surface area (Å²) < 4.78 is 5.00. The van der Waals surface area contributed by atoms with Crippen LogP contribution in [0.5, 0.6) is 0 Å². The highest BCUT2D eigenvalue weighted by atomic mass is 32.2. The number of hydrogen-bond donors (Lipinski definition) is 0. The van der Waals surface area contributed by atoms with E-state index in [0.29, 0.717) is 6.42 Å². The fourth-order valence-electron chi connectivity index (χ4n) is 1.40. The van der Waals surface area contributed by atoms with Gasteiger partial charge in [-0.1, -0.05) is 25.1 Å². The van der Waals surface area contributed by atoms with Crippen molar-refractivity contribution in [1.82, 2.24) is 0 Å². The van der Waals surface area contributed by atoms with Gasteiger partial charge in [0.1, 0.15) is 0 Å². The Morgan fingerprint density at radius 2 is 2.12 bits per heavy atom. The van der Waals surface area contributed by atoms with E-state index in [0.717, 1.165) is 29.2 Å². The van der Waals surface area contributed by atoms with Gasteiger partial charge in [-0.3, -0.25) is 4.79 Å². The van der Waals surface area contributed by atoms with E-state index in [1.807, 2.05) is 31.2 Å². The van der Waals surface area contributed by atoms with Gasteiger partial charge in [0.2, 0.25) is 0 Å². The third-order valence-corrected chi connectivity index (χ3v) is 3.42. The van der Waals surface area contributed by atoms with Crippen LogP contribution in [0.1, 0.15) is 30.1 Å². The Bertz CT molecular complexity index is 336. The minimum Gasteiger partial charge on any atom is -0.385 e. The van der Waals surface area contributed by atoms with E-state index in [1.165, 1.54) is 0 Å². The zero-order chi connectivity index (χ0) is 11.8. The van der Waals surface area contributed by atoms with Crippen LogP contribution < -0.4 is 0 Å². The van der Waals surface area contributed by atoms with Gasteiger partial charge >= 0.3 is 0 Å². The molecule has 0 N–H and O–H groups in total. The minimum absolute atomic E-state index is 0.217. The van der Waals surface area contributed by atoms with Gasteiger partial charge in [-0.05, 0) is 12.5 Å². The number of rotatable bonds is 7. The third-order valence-electron chi connectivity index (χ3n) is 2.26. The number of ketones is 1. The molecule has 0 atom stereocenters. The summed E-state index contributed by atoms with van der Waals surface area (Å²) in [5.41, 5.74) is 0.854. The Labute approximate surface area is 101 Å². The van der Waals surface area contributed by atoms with Crippen molar-refractivity contribution in [2.24, 2.45) is 0 Å². The van der Waals surface area contributed by atoms with Crippen LogP contribution >= 0.6 is 11.8 Å². The average molecular weight is 238 g/mol. The summed E-state index contributed by atoms with van der Waals surface area (Å²) in [6.07, 6.45) is 1.57. The highest BCUT2D eigenvalue weighted by Gasteiger charge is 2.08. The highest BCUT2D eigenvalue weighted by molar-refractivity contribution is 7.99. The maximum Gasteiger partial charge on any atom is 0.163 e. The fourth-order valence-corrected chi connectivity index (χ4v) is 2.39. The smallest absolute Gasteiger partial charge is 0.163 e. The minimum atomic E-state index is 0.217. The third kappa shape index (κ3) is 3.99. The first-order chi connectivity index (χ1) is 7.79. The molecular formula is C13H18O2S. The van der Waals surface area contributed by atoms with E-state index in [-0.39, 0.29) is 5.78 Å². The second kappa shape index (κ2) is 7.47. The maximum atomic E-state index is 11.7. The van der Waals surface area contributed by atoms with Crippen molar-refractivity contribution in [2.45, 2.75) is 24.7 Å². The van der Waals surface area contributed by atoms with Gasteiger partial charge in [-0.25, -0.2) is 0 Å². The molecule has 1 rings (SSSR count). The molecule has 0 saturated carbocycles. The fraction of sp³-hybridized carbons (Fsp3) is 0.462. The molecule has 0 fully saturated rings. The summed E-state index contributed by atoms with van der Waals surface area (Å²) in [6.45, 7) is 2.67. The van der Waals surface area contributed by atoms with Gasteiger partial charge in [-0.2, -0.15) is 0 Å². The van der Waals surface area contributed by atoms with Crippen LogP contribution in [-0.4, -0.2) is 25.3 Å². The molecule has 16 heavy (non-hydrogen) atoms. The van der Waals surface area contributed by atoms with Gasteiger partial charge in [-0.15, -0.1) is 11.8 Å². The Morgan fingerprint density at radius 3 is 2.81 bits per heavy atom. The second-order valence-corrected chi connectivity index (χ2v) is 4.60. The molecule has 0 unspecified atom stereocenters. The molecule has 2 nitrogen and oxygen atoms in total. The van der Waals surface area contributed by atoms with Crippen molar-refractivity contribution in [1.29, 1.82) is 0 Å². The molecule has 0 bridgehead atoms. The number of hydrogen-bond acceptors (Lipinski definition) is 3. The molecule has 0 aliphatic rings. The lowest BCUT2D eigenvalue weighted by atomic mass is 10.1. The summed E-state index contributed by atoms with van der Waals surface area (Å²) in [6, 6.07) is 7.82. The van der Waals surface area contributed by atoms with Gasteiger partial charge < -0.3 is 4.74 Å². The number of carbonyl (C=O) groups is 1. The van der Waals surface area contributed by atoms with Crippen LogP contribution in [0.25, 0.3) is 0 Å². The Morgan fingerprint density at radius 1 is 1.38 bits per heavy atom. The SMILES string of the molecule is CCC(=O)c1ccccc1SCCCOC. The molecule has 0 heterocycles. The van der Waals surface area contributed by atoms with Crippen LogP contribution in [0.2, 0.25) is 0 Å². The van der Waals surface area contributed by atoms with Crippen LogP contribution in [-0.2, 0) is 4.74 Å². The van der Waals surface area contributed by atoms with Crippen molar-refractivity contribution >= 4 is 17.5 Å².